The molecule has 1 fully saturated rings. The van der Waals surface area contributed by atoms with Gasteiger partial charge in [0, 0.05) is 5.02 Å². The van der Waals surface area contributed by atoms with E-state index in [1.807, 2.05) is 12.1 Å². The number of imide groups is 1. The molecule has 0 bridgehead atoms. The van der Waals surface area contributed by atoms with Crippen LogP contribution in [0.5, 0.6) is 11.5 Å². The number of ether oxygens (including phenoxy) is 2. The Kier molecular flexibility index (Phi) is 8.50. The maximum atomic E-state index is 13.8. The first-order chi connectivity index (χ1) is 18.2. The summed E-state index contributed by atoms with van der Waals surface area (Å²) in [5, 5.41) is 5.62. The number of nitrogens with zero attached hydrogens (tertiary/aromatic N) is 1. The minimum atomic E-state index is -0.788. The molecule has 0 aliphatic carbocycles. The number of hydrogen-bond acceptors (Lipinski definition) is 5. The van der Waals surface area contributed by atoms with Gasteiger partial charge >= 0.3 is 6.03 Å². The molecule has 4 amide bonds. The number of rotatable bonds is 9. The third kappa shape index (κ3) is 6.42. The molecule has 0 spiro atoms. The van der Waals surface area contributed by atoms with E-state index in [1.165, 1.54) is 24.3 Å². The van der Waals surface area contributed by atoms with Crippen LogP contribution in [-0.2, 0) is 16.2 Å². The molecular weight excluding hydrogens is 536 g/mol. The Bertz CT molecular complexity index is 1410. The van der Waals surface area contributed by atoms with Gasteiger partial charge in [0.15, 0.2) is 11.5 Å². The van der Waals surface area contributed by atoms with Crippen molar-refractivity contribution in [2.45, 2.75) is 13.5 Å². The van der Waals surface area contributed by atoms with E-state index in [0.29, 0.717) is 28.7 Å². The molecule has 0 radical (unpaired) electrons. The summed E-state index contributed by atoms with van der Waals surface area (Å²) in [5.74, 6) is -1.43. The Morgan fingerprint density at radius 1 is 1.08 bits per heavy atom. The van der Waals surface area contributed by atoms with Crippen LogP contribution in [0, 0.1) is 5.82 Å². The van der Waals surface area contributed by atoms with Crippen molar-refractivity contribution < 1.29 is 28.2 Å². The summed E-state index contributed by atoms with van der Waals surface area (Å²) >= 11 is 12.4. The normalized spacial score (nSPS) is 14.0. The number of anilines is 1. The van der Waals surface area contributed by atoms with E-state index in [0.717, 1.165) is 10.5 Å². The van der Waals surface area contributed by atoms with Crippen molar-refractivity contribution in [1.29, 1.82) is 0 Å². The van der Waals surface area contributed by atoms with E-state index in [-0.39, 0.29) is 23.0 Å². The first-order valence-electron chi connectivity index (χ1n) is 11.5. The van der Waals surface area contributed by atoms with Gasteiger partial charge < -0.3 is 20.1 Å². The fraction of sp³-hybridized carbons (Fsp3) is 0.148. The fourth-order valence-corrected chi connectivity index (χ4v) is 3.99. The molecule has 0 aromatic heterocycles. The van der Waals surface area contributed by atoms with Crippen molar-refractivity contribution in [2.24, 2.45) is 0 Å². The molecule has 1 saturated heterocycles. The van der Waals surface area contributed by atoms with Gasteiger partial charge in [0.05, 0.1) is 17.3 Å². The van der Waals surface area contributed by atoms with Crippen LogP contribution >= 0.6 is 23.2 Å². The highest BCUT2D eigenvalue weighted by Gasteiger charge is 2.35. The Hall–Kier alpha value is -4.08. The highest BCUT2D eigenvalue weighted by Crippen LogP contribution is 2.38. The summed E-state index contributed by atoms with van der Waals surface area (Å²) in [6.45, 7) is 1.75. The minimum absolute atomic E-state index is 0.0585. The van der Waals surface area contributed by atoms with Gasteiger partial charge in [-0.3, -0.25) is 9.59 Å². The van der Waals surface area contributed by atoms with Crippen LogP contribution in [0.3, 0.4) is 0 Å². The SMILES string of the molecule is CCOc1cc(/C=C2/NC(=O)N(CC(=O)Nc3ccccc3F)C2=O)cc(Cl)c1OCc1ccc(Cl)cc1. The van der Waals surface area contributed by atoms with Crippen molar-refractivity contribution in [3.8, 4) is 11.5 Å². The van der Waals surface area contributed by atoms with Crippen molar-refractivity contribution in [1.82, 2.24) is 10.2 Å². The second kappa shape index (κ2) is 12.0. The maximum Gasteiger partial charge on any atom is 0.329 e. The third-order valence-electron chi connectivity index (χ3n) is 5.35. The summed E-state index contributed by atoms with van der Waals surface area (Å²) in [4.78, 5) is 38.3. The van der Waals surface area contributed by atoms with Crippen molar-refractivity contribution >= 4 is 52.8 Å². The van der Waals surface area contributed by atoms with Crippen molar-refractivity contribution in [2.75, 3.05) is 18.5 Å². The molecule has 1 aliphatic rings. The van der Waals surface area contributed by atoms with Gasteiger partial charge in [-0.2, -0.15) is 0 Å². The number of carbonyl (C=O) groups is 3. The minimum Gasteiger partial charge on any atom is -0.490 e. The molecule has 3 aromatic rings. The number of amides is 4. The summed E-state index contributed by atoms with van der Waals surface area (Å²) in [7, 11) is 0. The second-order valence-electron chi connectivity index (χ2n) is 8.09. The summed E-state index contributed by atoms with van der Waals surface area (Å²) in [6.07, 6.45) is 1.41. The quantitative estimate of drug-likeness (QED) is 0.262. The number of para-hydroxylation sites is 1. The largest absolute Gasteiger partial charge is 0.490 e. The van der Waals surface area contributed by atoms with E-state index in [2.05, 4.69) is 10.6 Å². The first kappa shape index (κ1) is 27.0. The molecule has 38 heavy (non-hydrogen) atoms. The second-order valence-corrected chi connectivity index (χ2v) is 8.93. The Balaban J connectivity index is 1.49. The molecular formula is C27H22Cl2FN3O5. The van der Waals surface area contributed by atoms with Gasteiger partial charge in [-0.25, -0.2) is 14.1 Å². The number of carbonyl (C=O) groups excluding carboxylic acids is 3. The van der Waals surface area contributed by atoms with E-state index in [1.54, 1.807) is 37.3 Å². The van der Waals surface area contributed by atoms with Crippen LogP contribution in [0.25, 0.3) is 6.08 Å². The average Bonchev–Trinajstić information content (AvgIpc) is 3.13. The zero-order chi connectivity index (χ0) is 27.2. The molecule has 0 saturated carbocycles. The van der Waals surface area contributed by atoms with Crippen molar-refractivity contribution in [3.05, 3.63) is 93.4 Å². The molecule has 0 atom stereocenters. The highest BCUT2D eigenvalue weighted by molar-refractivity contribution is 6.32. The lowest BCUT2D eigenvalue weighted by Crippen LogP contribution is -2.38. The topological polar surface area (TPSA) is 97.0 Å². The zero-order valence-corrected chi connectivity index (χ0v) is 21.6. The molecule has 4 rings (SSSR count). The molecule has 3 aromatic carbocycles. The highest BCUT2D eigenvalue weighted by atomic mass is 35.5. The summed E-state index contributed by atoms with van der Waals surface area (Å²) in [5.41, 5.74) is 1.20. The first-order valence-corrected chi connectivity index (χ1v) is 12.2. The Labute approximate surface area is 227 Å². The van der Waals surface area contributed by atoms with E-state index >= 15 is 0 Å². The molecule has 11 heteroatoms. The molecule has 2 N–H and O–H groups in total. The van der Waals surface area contributed by atoms with Gasteiger partial charge in [-0.1, -0.05) is 47.5 Å². The van der Waals surface area contributed by atoms with E-state index < -0.39 is 30.2 Å². The lowest BCUT2D eigenvalue weighted by Gasteiger charge is -2.15. The van der Waals surface area contributed by atoms with Crippen LogP contribution in [0.4, 0.5) is 14.9 Å². The molecule has 0 unspecified atom stereocenters. The number of hydrogen-bond donors (Lipinski definition) is 2. The summed E-state index contributed by atoms with van der Waals surface area (Å²) in [6, 6.07) is 15.1. The number of halogens is 3. The lowest BCUT2D eigenvalue weighted by molar-refractivity contribution is -0.127. The standard InChI is InChI=1S/C27H22Cl2FN3O5/c1-2-37-23-13-17(11-19(29)25(23)38-15-16-7-9-18(28)10-8-16)12-22-26(35)33(27(36)32-22)14-24(34)31-21-6-4-3-5-20(21)30/h3-13H,2,14-15H2,1H3,(H,31,34)(H,32,36)/b22-12+. The molecule has 8 nitrogen and oxygen atoms in total. The summed E-state index contributed by atoms with van der Waals surface area (Å²) < 4.78 is 25.4. The van der Waals surface area contributed by atoms with Gasteiger partial charge in [0.2, 0.25) is 5.91 Å². The molecule has 1 heterocycles. The predicted molar refractivity (Wildman–Crippen MR) is 142 cm³/mol. The van der Waals surface area contributed by atoms with Crippen LogP contribution < -0.4 is 20.1 Å². The third-order valence-corrected chi connectivity index (χ3v) is 5.88. The molecule has 1 aliphatic heterocycles. The van der Waals surface area contributed by atoms with Crippen molar-refractivity contribution in [3.63, 3.8) is 0 Å². The van der Waals surface area contributed by atoms with Crippen LogP contribution in [-0.4, -0.2) is 35.9 Å². The average molecular weight is 558 g/mol. The smallest absolute Gasteiger partial charge is 0.329 e. The van der Waals surface area contributed by atoms with Crippen LogP contribution in [0.15, 0.2) is 66.4 Å². The fourth-order valence-electron chi connectivity index (χ4n) is 3.59. The van der Waals surface area contributed by atoms with E-state index in [4.69, 9.17) is 32.7 Å². The number of nitrogens with one attached hydrogen (secondary N) is 2. The zero-order valence-electron chi connectivity index (χ0n) is 20.1. The number of benzene rings is 3. The van der Waals surface area contributed by atoms with Gasteiger partial charge in [0.25, 0.3) is 5.91 Å². The van der Waals surface area contributed by atoms with Gasteiger partial charge in [0.1, 0.15) is 24.7 Å². The van der Waals surface area contributed by atoms with Crippen LogP contribution in [0.2, 0.25) is 10.0 Å². The maximum absolute atomic E-state index is 13.8. The molecule has 196 valence electrons. The van der Waals surface area contributed by atoms with Gasteiger partial charge in [-0.05, 0) is 60.5 Å². The lowest BCUT2D eigenvalue weighted by atomic mass is 10.1. The predicted octanol–water partition coefficient (Wildman–Crippen LogP) is 5.64. The van der Waals surface area contributed by atoms with Gasteiger partial charge in [-0.15, -0.1) is 0 Å². The Morgan fingerprint density at radius 2 is 1.82 bits per heavy atom. The van der Waals surface area contributed by atoms with E-state index in [9.17, 15) is 18.8 Å². The monoisotopic (exact) mass is 557 g/mol. The Morgan fingerprint density at radius 3 is 2.53 bits per heavy atom. The number of urea groups is 1. The van der Waals surface area contributed by atoms with Crippen LogP contribution in [0.1, 0.15) is 18.1 Å².